The van der Waals surface area contributed by atoms with Crippen molar-refractivity contribution in [2.45, 2.75) is 12.1 Å². The zero-order valence-corrected chi connectivity index (χ0v) is 14.5. The molecule has 0 radical (unpaired) electrons. The van der Waals surface area contributed by atoms with Crippen molar-refractivity contribution in [2.24, 2.45) is 0 Å². The molecule has 2 aromatic heterocycles. The molecule has 2 atom stereocenters. The van der Waals surface area contributed by atoms with Gasteiger partial charge in [0.25, 0.3) is 11.8 Å². The van der Waals surface area contributed by atoms with Gasteiger partial charge in [0.1, 0.15) is 5.69 Å². The number of carbonyl (C=O) groups excluding carboxylic acids is 2. The maximum Gasteiger partial charge on any atom is 0.289 e. The van der Waals surface area contributed by atoms with E-state index in [2.05, 4.69) is 9.97 Å². The van der Waals surface area contributed by atoms with E-state index in [4.69, 9.17) is 4.42 Å². The van der Waals surface area contributed by atoms with Crippen molar-refractivity contribution in [3.63, 3.8) is 0 Å². The molecule has 2 saturated heterocycles. The van der Waals surface area contributed by atoms with Crippen molar-refractivity contribution >= 4 is 21.7 Å². The Hall–Kier alpha value is -2.75. The van der Waals surface area contributed by atoms with E-state index in [1.54, 1.807) is 6.07 Å². The third-order valence-electron chi connectivity index (χ3n) is 4.71. The summed E-state index contributed by atoms with van der Waals surface area (Å²) >= 11 is 0. The van der Waals surface area contributed by atoms with Gasteiger partial charge >= 0.3 is 0 Å². The summed E-state index contributed by atoms with van der Waals surface area (Å²) in [5.74, 6) is -0.939. The van der Waals surface area contributed by atoms with Crippen LogP contribution in [0.1, 0.15) is 21.0 Å². The average Bonchev–Trinajstić information content (AvgIpc) is 3.27. The number of carbonyl (C=O) groups is 2. The highest BCUT2D eigenvalue weighted by atomic mass is 32.2. The minimum atomic E-state index is -3.37. The summed E-state index contributed by atoms with van der Waals surface area (Å²) < 4.78 is 29.6. The van der Waals surface area contributed by atoms with Crippen LogP contribution in [0.4, 0.5) is 0 Å². The largest absolute Gasteiger partial charge is 0.459 e. The number of hydrogen-bond acceptors (Lipinski definition) is 7. The van der Waals surface area contributed by atoms with Crippen molar-refractivity contribution in [2.75, 3.05) is 24.6 Å². The second-order valence-corrected chi connectivity index (χ2v) is 8.43. The first kappa shape index (κ1) is 16.7. The summed E-state index contributed by atoms with van der Waals surface area (Å²) in [5.41, 5.74) is 0.154. The number of fused-ring (bicyclic) bond motifs is 1. The molecule has 2 amide bonds. The maximum atomic E-state index is 12.8. The molecule has 0 unspecified atom stereocenters. The maximum absolute atomic E-state index is 12.8. The summed E-state index contributed by atoms with van der Waals surface area (Å²) in [6.45, 7) is 0.445. The predicted octanol–water partition coefficient (Wildman–Crippen LogP) is -0.167. The van der Waals surface area contributed by atoms with Gasteiger partial charge in [-0.25, -0.2) is 13.4 Å². The zero-order valence-electron chi connectivity index (χ0n) is 13.7. The standard InChI is InChI=1S/C16H16N4O5S/c21-15(11-8-17-3-4-18-11)19-5-6-20(16(22)14-2-1-7-25-14)13-10-26(23,24)9-12(13)19/h1-4,7-8,12-13H,5-6,9-10H2/t12-,13+/m0/s1. The molecular formula is C16H16N4O5S. The van der Waals surface area contributed by atoms with Crippen molar-refractivity contribution in [3.05, 3.63) is 48.4 Å². The second kappa shape index (κ2) is 6.20. The van der Waals surface area contributed by atoms with E-state index in [0.717, 1.165) is 0 Å². The molecule has 4 rings (SSSR count). The molecule has 0 N–H and O–H groups in total. The second-order valence-electron chi connectivity index (χ2n) is 6.28. The van der Waals surface area contributed by atoms with Crippen LogP contribution in [0.2, 0.25) is 0 Å². The first-order chi connectivity index (χ1) is 12.5. The lowest BCUT2D eigenvalue weighted by molar-refractivity contribution is 0.0261. The molecule has 0 aliphatic carbocycles. The van der Waals surface area contributed by atoms with Crippen molar-refractivity contribution < 1.29 is 22.4 Å². The molecule has 0 saturated carbocycles. The van der Waals surface area contributed by atoms with Gasteiger partial charge in [0.2, 0.25) is 0 Å². The van der Waals surface area contributed by atoms with E-state index >= 15 is 0 Å². The van der Waals surface area contributed by atoms with Crippen LogP contribution in [-0.4, -0.2) is 76.7 Å². The molecular weight excluding hydrogens is 360 g/mol. The van der Waals surface area contributed by atoms with Gasteiger partial charge in [-0.15, -0.1) is 0 Å². The van der Waals surface area contributed by atoms with E-state index in [1.165, 1.54) is 40.7 Å². The van der Waals surface area contributed by atoms with Crippen molar-refractivity contribution in [1.82, 2.24) is 19.8 Å². The molecule has 26 heavy (non-hydrogen) atoms. The van der Waals surface area contributed by atoms with E-state index in [0.29, 0.717) is 0 Å². The predicted molar refractivity (Wildman–Crippen MR) is 89.0 cm³/mol. The minimum absolute atomic E-state index is 0.154. The molecule has 0 spiro atoms. The molecule has 10 heteroatoms. The number of hydrogen-bond donors (Lipinski definition) is 0. The third kappa shape index (κ3) is 2.85. The Bertz CT molecular complexity index is 929. The third-order valence-corrected chi connectivity index (χ3v) is 6.41. The monoisotopic (exact) mass is 376 g/mol. The fourth-order valence-electron chi connectivity index (χ4n) is 3.56. The molecule has 9 nitrogen and oxygen atoms in total. The smallest absolute Gasteiger partial charge is 0.289 e. The van der Waals surface area contributed by atoms with Crippen molar-refractivity contribution in [1.29, 1.82) is 0 Å². The Labute approximate surface area is 149 Å². The zero-order chi connectivity index (χ0) is 18.3. The Morgan fingerprint density at radius 3 is 2.35 bits per heavy atom. The van der Waals surface area contributed by atoms with Crippen LogP contribution in [0.3, 0.4) is 0 Å². The van der Waals surface area contributed by atoms with Crippen LogP contribution >= 0.6 is 0 Å². The first-order valence-electron chi connectivity index (χ1n) is 8.08. The molecule has 0 bridgehead atoms. The topological polar surface area (TPSA) is 114 Å². The number of rotatable bonds is 2. The molecule has 2 aromatic rings. The van der Waals surface area contributed by atoms with Crippen LogP contribution in [0, 0.1) is 0 Å². The van der Waals surface area contributed by atoms with Gasteiger partial charge in [-0.3, -0.25) is 14.6 Å². The van der Waals surface area contributed by atoms with Gasteiger partial charge in [0.15, 0.2) is 15.6 Å². The lowest BCUT2D eigenvalue weighted by Gasteiger charge is -2.43. The highest BCUT2D eigenvalue weighted by molar-refractivity contribution is 7.91. The summed E-state index contributed by atoms with van der Waals surface area (Å²) in [6, 6.07) is 1.93. The SMILES string of the molecule is O=C(c1ccco1)N1CCN(C(=O)c2cnccn2)[C@H]2CS(=O)(=O)C[C@H]21. The van der Waals surface area contributed by atoms with Gasteiger partial charge in [0.05, 0.1) is 36.0 Å². The Morgan fingerprint density at radius 2 is 1.77 bits per heavy atom. The minimum Gasteiger partial charge on any atom is -0.459 e. The fraction of sp³-hybridized carbons (Fsp3) is 0.375. The summed E-state index contributed by atoms with van der Waals surface area (Å²) in [6.07, 6.45) is 5.61. The van der Waals surface area contributed by atoms with Gasteiger partial charge in [0, 0.05) is 25.5 Å². The Morgan fingerprint density at radius 1 is 1.08 bits per heavy atom. The highest BCUT2D eigenvalue weighted by Crippen LogP contribution is 2.29. The molecule has 0 aromatic carbocycles. The van der Waals surface area contributed by atoms with Crippen LogP contribution in [-0.2, 0) is 9.84 Å². The highest BCUT2D eigenvalue weighted by Gasteiger charge is 2.50. The van der Waals surface area contributed by atoms with Crippen LogP contribution in [0.15, 0.2) is 41.4 Å². The van der Waals surface area contributed by atoms with E-state index in [1.807, 2.05) is 0 Å². The van der Waals surface area contributed by atoms with Gasteiger partial charge in [-0.05, 0) is 12.1 Å². The molecule has 136 valence electrons. The van der Waals surface area contributed by atoms with Gasteiger partial charge in [-0.1, -0.05) is 0 Å². The summed E-state index contributed by atoms with van der Waals surface area (Å²) in [4.78, 5) is 36.3. The number of nitrogens with zero attached hydrogens (tertiary/aromatic N) is 4. The fourth-order valence-corrected chi connectivity index (χ4v) is 5.54. The summed E-state index contributed by atoms with van der Waals surface area (Å²) in [7, 11) is -3.37. The molecule has 2 aliphatic rings. The number of furan rings is 1. The van der Waals surface area contributed by atoms with Gasteiger partial charge < -0.3 is 14.2 Å². The van der Waals surface area contributed by atoms with Crippen LogP contribution in [0.25, 0.3) is 0 Å². The number of aromatic nitrogens is 2. The number of amides is 2. The lowest BCUT2D eigenvalue weighted by atomic mass is 10.0. The molecule has 4 heterocycles. The quantitative estimate of drug-likeness (QED) is 0.715. The Kier molecular flexibility index (Phi) is 3.98. The average molecular weight is 376 g/mol. The normalized spacial score (nSPS) is 24.3. The van der Waals surface area contributed by atoms with E-state index < -0.39 is 21.9 Å². The number of piperazine rings is 1. The van der Waals surface area contributed by atoms with Crippen LogP contribution in [0.5, 0.6) is 0 Å². The lowest BCUT2D eigenvalue weighted by Crippen LogP contribution is -2.62. The Balaban J connectivity index is 1.64. The van der Waals surface area contributed by atoms with Gasteiger partial charge in [-0.2, -0.15) is 0 Å². The summed E-state index contributed by atoms with van der Waals surface area (Å²) in [5, 5.41) is 0. The molecule has 2 aliphatic heterocycles. The van der Waals surface area contributed by atoms with E-state index in [9.17, 15) is 18.0 Å². The first-order valence-corrected chi connectivity index (χ1v) is 9.90. The van der Waals surface area contributed by atoms with Crippen molar-refractivity contribution in [3.8, 4) is 0 Å². The number of sulfone groups is 1. The molecule has 2 fully saturated rings. The van der Waals surface area contributed by atoms with Crippen LogP contribution < -0.4 is 0 Å². The van der Waals surface area contributed by atoms with E-state index in [-0.39, 0.29) is 47.9 Å².